The third kappa shape index (κ3) is 5.44. The summed E-state index contributed by atoms with van der Waals surface area (Å²) in [6.45, 7) is 4.85. The summed E-state index contributed by atoms with van der Waals surface area (Å²) in [7, 11) is 3.21. The molecule has 0 fully saturated rings. The van der Waals surface area contributed by atoms with Gasteiger partial charge in [-0.15, -0.1) is 0 Å². The quantitative estimate of drug-likeness (QED) is 0.605. The highest BCUT2D eigenvalue weighted by Gasteiger charge is 2.26. The van der Waals surface area contributed by atoms with Gasteiger partial charge in [-0.1, -0.05) is 13.3 Å². The van der Waals surface area contributed by atoms with Gasteiger partial charge in [0.1, 0.15) is 11.5 Å². The fraction of sp³-hybridized carbons (Fsp3) is 0.562. The zero-order chi connectivity index (χ0) is 16.6. The van der Waals surface area contributed by atoms with Crippen LogP contribution in [-0.4, -0.2) is 38.8 Å². The SMILES string of the molecule is CCCC(C)(N)C(=O)NCCNc1cc(OC)cc(OC)c1. The highest BCUT2D eigenvalue weighted by atomic mass is 16.5. The van der Waals surface area contributed by atoms with Crippen molar-refractivity contribution in [2.75, 3.05) is 32.6 Å². The fourth-order valence-electron chi connectivity index (χ4n) is 2.13. The van der Waals surface area contributed by atoms with Gasteiger partial charge in [0.15, 0.2) is 0 Å². The van der Waals surface area contributed by atoms with Crippen molar-refractivity contribution in [1.29, 1.82) is 0 Å². The van der Waals surface area contributed by atoms with Crippen LogP contribution in [-0.2, 0) is 4.79 Å². The first-order valence-electron chi connectivity index (χ1n) is 7.47. The van der Waals surface area contributed by atoms with Gasteiger partial charge in [-0.25, -0.2) is 0 Å². The average Bonchev–Trinajstić information content (AvgIpc) is 2.50. The van der Waals surface area contributed by atoms with Crippen molar-refractivity contribution in [1.82, 2.24) is 5.32 Å². The van der Waals surface area contributed by atoms with Crippen LogP contribution in [0.15, 0.2) is 18.2 Å². The van der Waals surface area contributed by atoms with Gasteiger partial charge in [-0.3, -0.25) is 4.79 Å². The lowest BCUT2D eigenvalue weighted by Crippen LogP contribution is -2.52. The monoisotopic (exact) mass is 309 g/mol. The molecule has 4 N–H and O–H groups in total. The Hall–Kier alpha value is -1.95. The maximum Gasteiger partial charge on any atom is 0.239 e. The Morgan fingerprint density at radius 1 is 1.18 bits per heavy atom. The molecule has 0 saturated heterocycles. The van der Waals surface area contributed by atoms with Gasteiger partial charge < -0.3 is 25.8 Å². The summed E-state index contributed by atoms with van der Waals surface area (Å²) in [5.41, 5.74) is 6.03. The van der Waals surface area contributed by atoms with Crippen molar-refractivity contribution >= 4 is 11.6 Å². The first kappa shape index (κ1) is 18.1. The Kier molecular flexibility index (Phi) is 6.98. The van der Waals surface area contributed by atoms with E-state index in [0.29, 0.717) is 31.0 Å². The Labute approximate surface area is 132 Å². The Bertz CT molecular complexity index is 467. The number of amides is 1. The number of ether oxygens (including phenoxy) is 2. The zero-order valence-electron chi connectivity index (χ0n) is 13.9. The number of nitrogens with two attached hydrogens (primary N) is 1. The molecule has 0 aromatic heterocycles. The standard InChI is InChI=1S/C16H27N3O3/c1-5-6-16(2,17)15(20)19-8-7-18-12-9-13(21-3)11-14(10-12)22-4/h9-11,18H,5-8,17H2,1-4H3,(H,19,20). The topological polar surface area (TPSA) is 85.6 Å². The summed E-state index contributed by atoms with van der Waals surface area (Å²) in [5, 5.41) is 6.06. The number of anilines is 1. The number of carbonyl (C=O) groups excluding carboxylic acids is 1. The van der Waals surface area contributed by atoms with E-state index in [1.54, 1.807) is 27.2 Å². The van der Waals surface area contributed by atoms with Crippen LogP contribution in [0.3, 0.4) is 0 Å². The van der Waals surface area contributed by atoms with Crippen molar-refractivity contribution in [3.63, 3.8) is 0 Å². The van der Waals surface area contributed by atoms with Gasteiger partial charge in [0.2, 0.25) is 5.91 Å². The lowest BCUT2D eigenvalue weighted by atomic mass is 9.97. The molecule has 22 heavy (non-hydrogen) atoms. The molecule has 0 bridgehead atoms. The predicted molar refractivity (Wildman–Crippen MR) is 88.5 cm³/mol. The highest BCUT2D eigenvalue weighted by molar-refractivity contribution is 5.85. The number of nitrogens with one attached hydrogen (secondary N) is 2. The molecule has 1 rings (SSSR count). The second kappa shape index (κ2) is 8.48. The van der Waals surface area contributed by atoms with Gasteiger partial charge in [0.25, 0.3) is 0 Å². The molecular weight excluding hydrogens is 282 g/mol. The largest absolute Gasteiger partial charge is 0.497 e. The highest BCUT2D eigenvalue weighted by Crippen LogP contribution is 2.25. The number of methoxy groups -OCH3 is 2. The fourth-order valence-corrected chi connectivity index (χ4v) is 2.13. The third-order valence-corrected chi connectivity index (χ3v) is 3.38. The Morgan fingerprint density at radius 2 is 1.77 bits per heavy atom. The maximum atomic E-state index is 12.0. The van der Waals surface area contributed by atoms with Crippen LogP contribution in [0.5, 0.6) is 11.5 Å². The van der Waals surface area contributed by atoms with Crippen LogP contribution < -0.4 is 25.8 Å². The van der Waals surface area contributed by atoms with Crippen LogP contribution in [0.25, 0.3) is 0 Å². The molecule has 1 unspecified atom stereocenters. The number of hydrogen-bond acceptors (Lipinski definition) is 5. The molecule has 6 nitrogen and oxygen atoms in total. The van der Waals surface area contributed by atoms with Crippen molar-refractivity contribution in [3.8, 4) is 11.5 Å². The van der Waals surface area contributed by atoms with E-state index in [-0.39, 0.29) is 5.91 Å². The minimum absolute atomic E-state index is 0.126. The summed E-state index contributed by atoms with van der Waals surface area (Å²) in [4.78, 5) is 12.0. The van der Waals surface area contributed by atoms with Gasteiger partial charge >= 0.3 is 0 Å². The van der Waals surface area contributed by atoms with Gasteiger partial charge in [0.05, 0.1) is 19.8 Å². The molecule has 0 aliphatic rings. The van der Waals surface area contributed by atoms with E-state index in [1.165, 1.54) is 0 Å². The summed E-state index contributed by atoms with van der Waals surface area (Å²) < 4.78 is 10.4. The third-order valence-electron chi connectivity index (χ3n) is 3.38. The van der Waals surface area contributed by atoms with Crippen LogP contribution in [0.2, 0.25) is 0 Å². The summed E-state index contributed by atoms with van der Waals surface area (Å²) >= 11 is 0. The summed E-state index contributed by atoms with van der Waals surface area (Å²) in [5.74, 6) is 1.30. The molecule has 0 saturated carbocycles. The second-order valence-corrected chi connectivity index (χ2v) is 5.45. The lowest BCUT2D eigenvalue weighted by Gasteiger charge is -2.22. The molecule has 0 spiro atoms. The van der Waals surface area contributed by atoms with E-state index >= 15 is 0 Å². The molecule has 6 heteroatoms. The molecule has 124 valence electrons. The number of benzene rings is 1. The first-order chi connectivity index (χ1) is 10.4. The number of rotatable bonds is 9. The van der Waals surface area contributed by atoms with E-state index in [4.69, 9.17) is 15.2 Å². The second-order valence-electron chi connectivity index (χ2n) is 5.45. The predicted octanol–water partition coefficient (Wildman–Crippen LogP) is 1.75. The van der Waals surface area contributed by atoms with E-state index in [2.05, 4.69) is 10.6 Å². The van der Waals surface area contributed by atoms with Crippen molar-refractivity contribution in [2.24, 2.45) is 5.73 Å². The lowest BCUT2D eigenvalue weighted by molar-refractivity contribution is -0.125. The van der Waals surface area contributed by atoms with E-state index < -0.39 is 5.54 Å². The van der Waals surface area contributed by atoms with Crippen LogP contribution in [0.4, 0.5) is 5.69 Å². The molecule has 1 atom stereocenters. The molecule has 1 aromatic rings. The maximum absolute atomic E-state index is 12.0. The molecule has 0 heterocycles. The molecular formula is C16H27N3O3. The van der Waals surface area contributed by atoms with E-state index in [1.807, 2.05) is 19.1 Å². The normalized spacial score (nSPS) is 13.1. The van der Waals surface area contributed by atoms with E-state index in [9.17, 15) is 4.79 Å². The smallest absolute Gasteiger partial charge is 0.239 e. The molecule has 1 amide bonds. The van der Waals surface area contributed by atoms with E-state index in [0.717, 1.165) is 12.1 Å². The van der Waals surface area contributed by atoms with Crippen LogP contribution in [0.1, 0.15) is 26.7 Å². The Morgan fingerprint density at radius 3 is 2.27 bits per heavy atom. The molecule has 0 radical (unpaired) electrons. The first-order valence-corrected chi connectivity index (χ1v) is 7.47. The summed E-state index contributed by atoms with van der Waals surface area (Å²) in [6.07, 6.45) is 1.54. The van der Waals surface area contributed by atoms with Gasteiger partial charge in [-0.05, 0) is 13.3 Å². The van der Waals surface area contributed by atoms with Gasteiger partial charge in [0, 0.05) is 37.0 Å². The van der Waals surface area contributed by atoms with Crippen molar-refractivity contribution < 1.29 is 14.3 Å². The van der Waals surface area contributed by atoms with Crippen LogP contribution >= 0.6 is 0 Å². The average molecular weight is 309 g/mol. The minimum Gasteiger partial charge on any atom is -0.497 e. The molecule has 0 aliphatic heterocycles. The van der Waals surface area contributed by atoms with Crippen LogP contribution in [0, 0.1) is 0 Å². The summed E-state index contributed by atoms with van der Waals surface area (Å²) in [6, 6.07) is 5.54. The van der Waals surface area contributed by atoms with Crippen molar-refractivity contribution in [2.45, 2.75) is 32.2 Å². The number of hydrogen-bond donors (Lipinski definition) is 3. The van der Waals surface area contributed by atoms with Gasteiger partial charge in [-0.2, -0.15) is 0 Å². The number of carbonyl (C=O) groups is 1. The molecule has 1 aromatic carbocycles. The minimum atomic E-state index is -0.812. The van der Waals surface area contributed by atoms with Crippen molar-refractivity contribution in [3.05, 3.63) is 18.2 Å². The molecule has 0 aliphatic carbocycles. The Balaban J connectivity index is 2.46. The zero-order valence-corrected chi connectivity index (χ0v) is 13.9.